The number of aromatic nitrogens is 3. The van der Waals surface area contributed by atoms with E-state index in [-0.39, 0.29) is 0 Å². The molecule has 4 heterocycles. The summed E-state index contributed by atoms with van der Waals surface area (Å²) in [7, 11) is 0. The molecule has 0 saturated carbocycles. The van der Waals surface area contributed by atoms with Crippen molar-refractivity contribution in [2.24, 2.45) is 0 Å². The van der Waals surface area contributed by atoms with Crippen molar-refractivity contribution in [2.45, 2.75) is 0 Å². The third kappa shape index (κ3) is 5.01. The van der Waals surface area contributed by atoms with Crippen LogP contribution in [0.4, 0.5) is 0 Å². The fourth-order valence-electron chi connectivity index (χ4n) is 7.74. The molecule has 4 nitrogen and oxygen atoms in total. The summed E-state index contributed by atoms with van der Waals surface area (Å²) in [5.74, 6) is 0.687. The van der Waals surface area contributed by atoms with E-state index in [0.29, 0.717) is 11.5 Å². The Morgan fingerprint density at radius 2 is 1.04 bits per heavy atom. The largest absolute Gasteiger partial charge is 0.438 e. The lowest BCUT2D eigenvalue weighted by molar-refractivity contribution is 0.655. The first-order valence-electron chi connectivity index (χ1n) is 18.0. The third-order valence-corrected chi connectivity index (χ3v) is 11.5. The summed E-state index contributed by atoms with van der Waals surface area (Å²) in [5.41, 5.74) is 10.5. The summed E-state index contributed by atoms with van der Waals surface area (Å²) in [4.78, 5) is 15.4. The molecule has 252 valence electrons. The highest BCUT2D eigenvalue weighted by molar-refractivity contribution is 7.26. The zero-order valence-corrected chi connectivity index (χ0v) is 29.7. The van der Waals surface area contributed by atoms with Crippen molar-refractivity contribution in [1.29, 1.82) is 0 Å². The van der Waals surface area contributed by atoms with Crippen LogP contribution in [0.15, 0.2) is 180 Å². The van der Waals surface area contributed by atoms with E-state index in [9.17, 15) is 0 Å². The van der Waals surface area contributed by atoms with E-state index in [2.05, 4.69) is 140 Å². The number of pyridine rings is 1. The van der Waals surface area contributed by atoms with Gasteiger partial charge in [-0.1, -0.05) is 152 Å². The summed E-state index contributed by atoms with van der Waals surface area (Å²) in [5, 5.41) is 6.94. The second kappa shape index (κ2) is 12.3. The lowest BCUT2D eigenvalue weighted by Crippen LogP contribution is -1.96. The van der Waals surface area contributed by atoms with Gasteiger partial charge in [0.2, 0.25) is 5.71 Å². The number of nitrogens with zero attached hydrogens (tertiary/aromatic N) is 3. The van der Waals surface area contributed by atoms with Crippen LogP contribution >= 0.6 is 11.3 Å². The molecular weight excluding hydrogens is 679 g/mol. The van der Waals surface area contributed by atoms with Gasteiger partial charge in [0, 0.05) is 53.2 Å². The van der Waals surface area contributed by atoms with E-state index in [4.69, 9.17) is 19.4 Å². The average Bonchev–Trinajstić information content (AvgIpc) is 3.82. The zero-order valence-electron chi connectivity index (χ0n) is 28.9. The van der Waals surface area contributed by atoms with E-state index < -0.39 is 0 Å². The number of para-hydroxylation sites is 1. The van der Waals surface area contributed by atoms with Crippen LogP contribution in [-0.4, -0.2) is 15.0 Å². The van der Waals surface area contributed by atoms with Gasteiger partial charge in [0.25, 0.3) is 0 Å². The number of furan rings is 1. The first-order chi connectivity index (χ1) is 26.7. The first kappa shape index (κ1) is 30.7. The van der Waals surface area contributed by atoms with E-state index in [1.807, 2.05) is 47.7 Å². The van der Waals surface area contributed by atoms with Gasteiger partial charge in [0.05, 0.1) is 22.5 Å². The molecule has 0 aliphatic carbocycles. The van der Waals surface area contributed by atoms with Crippen LogP contribution in [0.25, 0.3) is 109 Å². The van der Waals surface area contributed by atoms with E-state index in [0.717, 1.165) is 72.0 Å². The van der Waals surface area contributed by atoms with Gasteiger partial charge in [-0.3, -0.25) is 0 Å². The third-order valence-electron chi connectivity index (χ3n) is 10.3. The Labute approximate surface area is 314 Å². The molecule has 0 aliphatic rings. The number of rotatable bonds is 5. The number of benzene rings is 7. The molecule has 0 bridgehead atoms. The minimum Gasteiger partial charge on any atom is -0.438 e. The summed E-state index contributed by atoms with van der Waals surface area (Å²) in [6.07, 6.45) is 0. The van der Waals surface area contributed by atoms with Crippen molar-refractivity contribution in [3.63, 3.8) is 0 Å². The van der Waals surface area contributed by atoms with Crippen molar-refractivity contribution in [3.8, 4) is 56.3 Å². The molecule has 0 radical (unpaired) electrons. The van der Waals surface area contributed by atoms with Gasteiger partial charge >= 0.3 is 0 Å². The molecule has 11 aromatic rings. The van der Waals surface area contributed by atoms with Crippen molar-refractivity contribution in [2.75, 3.05) is 0 Å². The van der Waals surface area contributed by atoms with Crippen molar-refractivity contribution in [3.05, 3.63) is 176 Å². The fraction of sp³-hybridized carbons (Fsp3) is 0. The number of hydrogen-bond donors (Lipinski definition) is 0. The molecule has 0 atom stereocenters. The second-order valence-corrected chi connectivity index (χ2v) is 14.6. The maximum absolute atomic E-state index is 6.27. The maximum atomic E-state index is 6.27. The SMILES string of the molecule is c1ccc(-c2nc(-c3ccc(-c4nc5oc6ccccc6c5c5ccccc45)cc3)cc(-c3cccc(-c4cccc5c4sc4ccccc45)c3)n2)cc1. The van der Waals surface area contributed by atoms with Gasteiger partial charge in [0.15, 0.2) is 5.82 Å². The molecule has 0 N–H and O–H groups in total. The predicted octanol–water partition coefficient (Wildman–Crippen LogP) is 13.6. The fourth-order valence-corrected chi connectivity index (χ4v) is 8.98. The minimum atomic E-state index is 0.646. The van der Waals surface area contributed by atoms with Crippen LogP contribution in [0.1, 0.15) is 0 Å². The lowest BCUT2D eigenvalue weighted by Gasteiger charge is -2.12. The number of hydrogen-bond acceptors (Lipinski definition) is 5. The minimum absolute atomic E-state index is 0.646. The summed E-state index contributed by atoms with van der Waals surface area (Å²) in [6.45, 7) is 0. The van der Waals surface area contributed by atoms with Crippen molar-refractivity contribution >= 4 is 64.4 Å². The quantitative estimate of drug-likeness (QED) is 0.179. The molecule has 0 unspecified atom stereocenters. The maximum Gasteiger partial charge on any atom is 0.228 e. The first-order valence-corrected chi connectivity index (χ1v) is 18.8. The van der Waals surface area contributed by atoms with Gasteiger partial charge < -0.3 is 4.42 Å². The molecule has 54 heavy (non-hydrogen) atoms. The molecule has 4 aromatic heterocycles. The second-order valence-electron chi connectivity index (χ2n) is 13.6. The van der Waals surface area contributed by atoms with Crippen molar-refractivity contribution < 1.29 is 4.42 Å². The van der Waals surface area contributed by atoms with Gasteiger partial charge in [-0.25, -0.2) is 15.0 Å². The van der Waals surface area contributed by atoms with Crippen LogP contribution in [-0.2, 0) is 0 Å². The predicted molar refractivity (Wildman–Crippen MR) is 225 cm³/mol. The average molecular weight is 708 g/mol. The van der Waals surface area contributed by atoms with Crippen LogP contribution in [0.2, 0.25) is 0 Å². The summed E-state index contributed by atoms with van der Waals surface area (Å²) < 4.78 is 8.87. The Hall–Kier alpha value is -6.95. The molecule has 0 fully saturated rings. The van der Waals surface area contributed by atoms with Crippen LogP contribution < -0.4 is 0 Å². The van der Waals surface area contributed by atoms with E-state index in [1.54, 1.807) is 0 Å². The molecule has 0 spiro atoms. The lowest BCUT2D eigenvalue weighted by atomic mass is 9.98. The zero-order chi connectivity index (χ0) is 35.6. The Morgan fingerprint density at radius 1 is 0.407 bits per heavy atom. The Kier molecular flexibility index (Phi) is 7.00. The molecular formula is C49H29N3OS. The highest BCUT2D eigenvalue weighted by atomic mass is 32.1. The van der Waals surface area contributed by atoms with Gasteiger partial charge in [-0.05, 0) is 40.8 Å². The molecule has 0 amide bonds. The Balaban J connectivity index is 1.03. The van der Waals surface area contributed by atoms with E-state index >= 15 is 0 Å². The molecule has 11 rings (SSSR count). The Bertz CT molecular complexity index is 3220. The summed E-state index contributed by atoms with van der Waals surface area (Å²) >= 11 is 1.85. The number of thiophene rings is 1. The van der Waals surface area contributed by atoms with Crippen LogP contribution in [0.3, 0.4) is 0 Å². The molecule has 0 aliphatic heterocycles. The van der Waals surface area contributed by atoms with Crippen LogP contribution in [0, 0.1) is 0 Å². The smallest absolute Gasteiger partial charge is 0.228 e. The highest BCUT2D eigenvalue weighted by Gasteiger charge is 2.18. The molecule has 0 saturated heterocycles. The van der Waals surface area contributed by atoms with E-state index in [1.165, 1.54) is 25.7 Å². The highest BCUT2D eigenvalue weighted by Crippen LogP contribution is 2.41. The number of fused-ring (bicyclic) bond motifs is 8. The topological polar surface area (TPSA) is 51.8 Å². The Morgan fingerprint density at radius 3 is 1.89 bits per heavy atom. The van der Waals surface area contributed by atoms with Crippen molar-refractivity contribution in [1.82, 2.24) is 15.0 Å². The molecule has 5 heteroatoms. The van der Waals surface area contributed by atoms with Gasteiger partial charge in [-0.15, -0.1) is 11.3 Å². The molecule has 7 aromatic carbocycles. The normalized spacial score (nSPS) is 11.7. The van der Waals surface area contributed by atoms with Crippen LogP contribution in [0.5, 0.6) is 0 Å². The standard InChI is InChI=1S/C49H29N3OS/c1-2-12-32(13-3-1)48-50-41(29-42(51-48)34-15-10-14-33(28-34)35-20-11-21-39-36-16-7-9-23-44(36)54-47(35)39)30-24-26-31(27-25-30)46-38-18-5-4-17-37(38)45-40-19-6-8-22-43(40)53-49(45)52-46/h1-29H. The summed E-state index contributed by atoms with van der Waals surface area (Å²) in [6, 6.07) is 61.4. The van der Waals surface area contributed by atoms with Gasteiger partial charge in [0.1, 0.15) is 5.58 Å². The van der Waals surface area contributed by atoms with Gasteiger partial charge in [-0.2, -0.15) is 0 Å². The monoisotopic (exact) mass is 707 g/mol.